The minimum Gasteiger partial charge on any atom is -0.495 e. The van der Waals surface area contributed by atoms with Crippen LogP contribution in [0.2, 0.25) is 0 Å². The van der Waals surface area contributed by atoms with Crippen molar-refractivity contribution in [2.75, 3.05) is 20.3 Å². The highest BCUT2D eigenvalue weighted by Gasteiger charge is 2.40. The molecular formula is C15H16BrNO4. The summed E-state index contributed by atoms with van der Waals surface area (Å²) in [5, 5.41) is 0. The first-order valence-corrected chi connectivity index (χ1v) is 7.77. The van der Waals surface area contributed by atoms with Gasteiger partial charge in [0.05, 0.1) is 7.11 Å². The number of hydrogen-bond donors (Lipinski definition) is 0. The van der Waals surface area contributed by atoms with E-state index in [2.05, 4.69) is 20.9 Å². The summed E-state index contributed by atoms with van der Waals surface area (Å²) in [5.41, 5.74) is 0.299. The molecule has 2 aliphatic rings. The number of fused-ring (bicyclic) bond motifs is 1. The molecule has 0 N–H and O–H groups in total. The lowest BCUT2D eigenvalue weighted by atomic mass is 9.87. The molecule has 1 fully saturated rings. The Morgan fingerprint density at radius 1 is 1.33 bits per heavy atom. The molecule has 3 rings (SSSR count). The first-order valence-electron chi connectivity index (χ1n) is 6.97. The van der Waals surface area contributed by atoms with Crippen LogP contribution in [0, 0.1) is 0 Å². The normalized spacial score (nSPS) is 19.0. The van der Waals surface area contributed by atoms with Crippen molar-refractivity contribution in [2.45, 2.75) is 31.2 Å². The molecule has 0 saturated heterocycles. The van der Waals surface area contributed by atoms with Crippen LogP contribution in [-0.4, -0.2) is 26.4 Å². The lowest BCUT2D eigenvalue weighted by molar-refractivity contribution is 0.168. The van der Waals surface area contributed by atoms with Gasteiger partial charge in [-0.05, 0) is 34.8 Å². The Labute approximate surface area is 131 Å². The van der Waals surface area contributed by atoms with Gasteiger partial charge in [-0.25, -0.2) is 4.79 Å². The topological polar surface area (TPSA) is 57.1 Å². The van der Waals surface area contributed by atoms with E-state index in [1.165, 1.54) is 0 Å². The van der Waals surface area contributed by atoms with Crippen LogP contribution in [0.1, 0.15) is 31.2 Å². The molecule has 1 saturated carbocycles. The third-order valence-corrected chi connectivity index (χ3v) is 4.85. The van der Waals surface area contributed by atoms with Crippen molar-refractivity contribution in [2.24, 2.45) is 4.99 Å². The Kier molecular flexibility index (Phi) is 3.91. The van der Waals surface area contributed by atoms with Gasteiger partial charge in [0.15, 0.2) is 11.5 Å². The number of aliphatic imine (C=N–C) groups is 1. The summed E-state index contributed by atoms with van der Waals surface area (Å²) < 4.78 is 17.6. The summed E-state index contributed by atoms with van der Waals surface area (Å²) in [6, 6.07) is 1.89. The number of rotatable bonds is 3. The average molecular weight is 354 g/mol. The zero-order valence-corrected chi connectivity index (χ0v) is 13.4. The average Bonchev–Trinajstić information content (AvgIpc) is 2.97. The van der Waals surface area contributed by atoms with Crippen LogP contribution in [0.4, 0.5) is 0 Å². The number of nitrogens with zero attached hydrogens (tertiary/aromatic N) is 1. The molecule has 0 amide bonds. The van der Waals surface area contributed by atoms with Crippen molar-refractivity contribution in [1.29, 1.82) is 0 Å². The fourth-order valence-electron chi connectivity index (χ4n) is 3.16. The van der Waals surface area contributed by atoms with E-state index in [-0.39, 0.29) is 0 Å². The maximum atomic E-state index is 10.9. The summed E-state index contributed by atoms with van der Waals surface area (Å²) >= 11 is 3.53. The molecule has 1 aromatic carbocycles. The highest BCUT2D eigenvalue weighted by Crippen LogP contribution is 2.53. The standard InChI is InChI=1S/C15H16BrNO4/c1-19-13-10(15(17-9-18)4-2-3-5-15)8-11-14(12(13)16)21-7-6-20-11/h8H,2-7H2,1H3. The van der Waals surface area contributed by atoms with E-state index in [0.717, 1.165) is 31.2 Å². The maximum Gasteiger partial charge on any atom is 0.235 e. The van der Waals surface area contributed by atoms with Gasteiger partial charge in [0.25, 0.3) is 0 Å². The Hall–Kier alpha value is -1.52. The molecule has 0 radical (unpaired) electrons. The number of benzene rings is 1. The number of carbonyl (C=O) groups excluding carboxylic acids is 1. The molecule has 21 heavy (non-hydrogen) atoms. The summed E-state index contributed by atoms with van der Waals surface area (Å²) in [6.07, 6.45) is 5.41. The molecule has 0 unspecified atom stereocenters. The Morgan fingerprint density at radius 2 is 2.05 bits per heavy atom. The van der Waals surface area contributed by atoms with E-state index in [1.807, 2.05) is 6.07 Å². The minimum absolute atomic E-state index is 0.506. The van der Waals surface area contributed by atoms with Gasteiger partial charge in [-0.1, -0.05) is 12.8 Å². The lowest BCUT2D eigenvalue weighted by Gasteiger charge is -2.29. The Balaban J connectivity index is 2.21. The van der Waals surface area contributed by atoms with Gasteiger partial charge in [0.2, 0.25) is 6.08 Å². The van der Waals surface area contributed by atoms with Crippen LogP contribution < -0.4 is 14.2 Å². The lowest BCUT2D eigenvalue weighted by Crippen LogP contribution is -2.22. The van der Waals surface area contributed by atoms with E-state index < -0.39 is 5.54 Å². The molecule has 6 heteroatoms. The number of ether oxygens (including phenoxy) is 3. The summed E-state index contributed by atoms with van der Waals surface area (Å²) in [5.74, 6) is 1.96. The van der Waals surface area contributed by atoms with Gasteiger partial charge in [-0.3, -0.25) is 0 Å². The zero-order valence-electron chi connectivity index (χ0n) is 11.8. The van der Waals surface area contributed by atoms with Crippen LogP contribution in [0.15, 0.2) is 15.5 Å². The maximum absolute atomic E-state index is 10.9. The highest BCUT2D eigenvalue weighted by molar-refractivity contribution is 9.10. The second-order valence-electron chi connectivity index (χ2n) is 5.24. The number of hydrogen-bond acceptors (Lipinski definition) is 5. The van der Waals surface area contributed by atoms with E-state index in [4.69, 9.17) is 14.2 Å². The largest absolute Gasteiger partial charge is 0.495 e. The Bertz CT molecular complexity index is 604. The molecular weight excluding hydrogens is 338 g/mol. The SMILES string of the molecule is COc1c(C2(N=C=O)CCCC2)cc2c(c1Br)OCCO2. The van der Waals surface area contributed by atoms with Gasteiger partial charge in [-0.15, -0.1) is 0 Å². The van der Waals surface area contributed by atoms with Crippen molar-refractivity contribution in [3.63, 3.8) is 0 Å². The van der Waals surface area contributed by atoms with Crippen molar-refractivity contribution < 1.29 is 19.0 Å². The van der Waals surface area contributed by atoms with Crippen LogP contribution >= 0.6 is 15.9 Å². The summed E-state index contributed by atoms with van der Waals surface area (Å²) in [7, 11) is 1.60. The first-order chi connectivity index (χ1) is 10.2. The molecule has 1 aromatic rings. The fraction of sp³-hybridized carbons (Fsp3) is 0.533. The second-order valence-corrected chi connectivity index (χ2v) is 6.03. The highest BCUT2D eigenvalue weighted by atomic mass is 79.9. The minimum atomic E-state index is -0.564. The van der Waals surface area contributed by atoms with E-state index in [1.54, 1.807) is 13.2 Å². The van der Waals surface area contributed by atoms with Crippen molar-refractivity contribution in [3.8, 4) is 17.2 Å². The van der Waals surface area contributed by atoms with E-state index in [9.17, 15) is 4.79 Å². The quantitative estimate of drug-likeness (QED) is 0.617. The Morgan fingerprint density at radius 3 is 2.71 bits per heavy atom. The smallest absolute Gasteiger partial charge is 0.235 e. The van der Waals surface area contributed by atoms with Crippen molar-refractivity contribution in [3.05, 3.63) is 16.1 Å². The van der Waals surface area contributed by atoms with Crippen LogP contribution in [-0.2, 0) is 10.3 Å². The fourth-order valence-corrected chi connectivity index (χ4v) is 3.85. The molecule has 0 aromatic heterocycles. The van der Waals surface area contributed by atoms with Crippen LogP contribution in [0.25, 0.3) is 0 Å². The van der Waals surface area contributed by atoms with E-state index in [0.29, 0.717) is 34.9 Å². The predicted molar refractivity (Wildman–Crippen MR) is 80.0 cm³/mol. The number of halogens is 1. The van der Waals surface area contributed by atoms with Crippen LogP contribution in [0.3, 0.4) is 0 Å². The van der Waals surface area contributed by atoms with Gasteiger partial charge in [0.1, 0.15) is 29.0 Å². The third-order valence-electron chi connectivity index (χ3n) is 4.13. The van der Waals surface area contributed by atoms with Gasteiger partial charge in [0, 0.05) is 5.56 Å². The number of isocyanates is 1. The molecule has 0 spiro atoms. The van der Waals surface area contributed by atoms with Gasteiger partial charge in [-0.2, -0.15) is 4.99 Å². The molecule has 0 atom stereocenters. The third kappa shape index (κ3) is 2.32. The zero-order chi connectivity index (χ0) is 14.9. The molecule has 1 heterocycles. The molecule has 112 valence electrons. The molecule has 5 nitrogen and oxygen atoms in total. The second kappa shape index (κ2) is 5.70. The monoisotopic (exact) mass is 353 g/mol. The summed E-state index contributed by atoms with van der Waals surface area (Å²) in [6.45, 7) is 1.01. The molecule has 1 aliphatic heterocycles. The summed E-state index contributed by atoms with van der Waals surface area (Å²) in [4.78, 5) is 15.0. The van der Waals surface area contributed by atoms with Crippen LogP contribution in [0.5, 0.6) is 17.2 Å². The molecule has 1 aliphatic carbocycles. The van der Waals surface area contributed by atoms with Crippen molar-refractivity contribution in [1.82, 2.24) is 0 Å². The molecule has 0 bridgehead atoms. The van der Waals surface area contributed by atoms with Crippen molar-refractivity contribution >= 4 is 22.0 Å². The first kappa shape index (κ1) is 14.4. The van der Waals surface area contributed by atoms with Gasteiger partial charge >= 0.3 is 0 Å². The number of methoxy groups -OCH3 is 1. The van der Waals surface area contributed by atoms with E-state index >= 15 is 0 Å². The van der Waals surface area contributed by atoms with Gasteiger partial charge < -0.3 is 14.2 Å². The predicted octanol–water partition coefficient (Wildman–Crippen LogP) is 3.33.